The Morgan fingerprint density at radius 1 is 1.22 bits per heavy atom. The molecule has 1 aromatic heterocycles. The van der Waals surface area contributed by atoms with Gasteiger partial charge in [-0.3, -0.25) is 4.79 Å². The number of carbonyl (C=O) groups is 1. The zero-order valence-electron chi connectivity index (χ0n) is 12.8. The lowest BCUT2D eigenvalue weighted by Crippen LogP contribution is -3.08. The zero-order valence-corrected chi connectivity index (χ0v) is 13.6. The number of benzene rings is 1. The van der Waals surface area contributed by atoms with Gasteiger partial charge in [0.25, 0.3) is 5.91 Å². The predicted molar refractivity (Wildman–Crippen MR) is 84.6 cm³/mol. The molecule has 0 saturated carbocycles. The first kappa shape index (κ1) is 17.5. The molecule has 0 aliphatic rings. The monoisotopic (exact) mass is 343 g/mol. The van der Waals surface area contributed by atoms with E-state index in [2.05, 4.69) is 5.32 Å². The molecule has 2 aromatic rings. The maximum Gasteiger partial charge on any atom is 0.416 e. The average molecular weight is 343 g/mol. The van der Waals surface area contributed by atoms with Crippen molar-refractivity contribution in [1.82, 2.24) is 0 Å². The van der Waals surface area contributed by atoms with Gasteiger partial charge >= 0.3 is 6.18 Å². The Morgan fingerprint density at radius 3 is 2.39 bits per heavy atom. The molecule has 23 heavy (non-hydrogen) atoms. The number of quaternary nitrogens is 1. The number of amides is 1. The fourth-order valence-electron chi connectivity index (χ4n) is 2.14. The van der Waals surface area contributed by atoms with Crippen molar-refractivity contribution < 1.29 is 22.9 Å². The van der Waals surface area contributed by atoms with Crippen molar-refractivity contribution in [3.8, 4) is 0 Å². The van der Waals surface area contributed by atoms with Crippen LogP contribution in [-0.4, -0.2) is 19.5 Å². The molecule has 1 heterocycles. The van der Waals surface area contributed by atoms with Gasteiger partial charge in [0.15, 0.2) is 6.54 Å². The molecule has 2 rings (SSSR count). The molecule has 0 bridgehead atoms. The number of aryl methyl sites for hydroxylation is 1. The number of nitrogens with one attached hydrogen (secondary N) is 2. The third-order valence-electron chi connectivity index (χ3n) is 3.39. The van der Waals surface area contributed by atoms with Gasteiger partial charge in [-0.25, -0.2) is 0 Å². The number of thiophene rings is 1. The third-order valence-corrected chi connectivity index (χ3v) is 4.41. The van der Waals surface area contributed by atoms with E-state index in [0.29, 0.717) is 5.69 Å². The fraction of sp³-hybridized carbons (Fsp3) is 0.312. The van der Waals surface area contributed by atoms with Gasteiger partial charge in [0.2, 0.25) is 0 Å². The van der Waals surface area contributed by atoms with E-state index in [1.165, 1.54) is 22.6 Å². The van der Waals surface area contributed by atoms with Crippen LogP contribution in [0, 0.1) is 6.92 Å². The van der Waals surface area contributed by atoms with Crippen LogP contribution in [0.1, 0.15) is 16.0 Å². The smallest absolute Gasteiger partial charge is 0.325 e. The van der Waals surface area contributed by atoms with E-state index in [9.17, 15) is 18.0 Å². The maximum atomic E-state index is 12.5. The van der Waals surface area contributed by atoms with Crippen LogP contribution in [0.4, 0.5) is 18.9 Å². The molecule has 0 aliphatic carbocycles. The number of rotatable bonds is 5. The molecule has 1 amide bonds. The predicted octanol–water partition coefficient (Wildman–Crippen LogP) is 2.73. The minimum absolute atomic E-state index is 0.225. The minimum Gasteiger partial charge on any atom is -0.325 e. The Kier molecular flexibility index (Phi) is 5.43. The number of likely N-dealkylation sites (N-methyl/N-ethyl adjacent to an activating group) is 1. The van der Waals surface area contributed by atoms with Crippen molar-refractivity contribution in [2.45, 2.75) is 19.6 Å². The summed E-state index contributed by atoms with van der Waals surface area (Å²) in [5.41, 5.74) is 0.840. The summed E-state index contributed by atoms with van der Waals surface area (Å²) in [6, 6.07) is 6.48. The number of carbonyl (C=O) groups excluding carboxylic acids is 1. The Morgan fingerprint density at radius 2 is 1.87 bits per heavy atom. The summed E-state index contributed by atoms with van der Waals surface area (Å²) in [6.07, 6.45) is -4.37. The van der Waals surface area contributed by atoms with Crippen molar-refractivity contribution in [3.05, 3.63) is 51.7 Å². The second kappa shape index (κ2) is 7.14. The largest absolute Gasteiger partial charge is 0.416 e. The number of alkyl halides is 3. The SMILES string of the molecule is Cc1ccsc1C[NH+](C)CC(=O)Nc1ccc(C(F)(F)F)cc1. The Balaban J connectivity index is 1.88. The van der Waals surface area contributed by atoms with E-state index in [1.54, 1.807) is 11.3 Å². The lowest BCUT2D eigenvalue weighted by molar-refractivity contribution is -0.884. The molecule has 3 nitrogen and oxygen atoms in total. The van der Waals surface area contributed by atoms with Gasteiger partial charge in [0.1, 0.15) is 6.54 Å². The van der Waals surface area contributed by atoms with Crippen molar-refractivity contribution in [3.63, 3.8) is 0 Å². The van der Waals surface area contributed by atoms with Gasteiger partial charge in [-0.05, 0) is 48.2 Å². The van der Waals surface area contributed by atoms with Gasteiger partial charge < -0.3 is 10.2 Å². The van der Waals surface area contributed by atoms with Gasteiger partial charge in [-0.15, -0.1) is 11.3 Å². The van der Waals surface area contributed by atoms with Crippen LogP contribution in [-0.2, 0) is 17.5 Å². The summed E-state index contributed by atoms with van der Waals surface area (Å²) in [5.74, 6) is -0.225. The van der Waals surface area contributed by atoms with E-state index in [1.807, 2.05) is 25.4 Å². The number of halogens is 3. The summed E-state index contributed by atoms with van der Waals surface area (Å²) in [5, 5.41) is 4.64. The van der Waals surface area contributed by atoms with E-state index in [0.717, 1.165) is 23.6 Å². The third kappa shape index (κ3) is 5.07. The Labute approximate surface area is 136 Å². The second-order valence-electron chi connectivity index (χ2n) is 5.46. The standard InChI is InChI=1S/C16H17F3N2OS/c1-11-7-8-23-14(11)9-21(2)10-15(22)20-13-5-3-12(4-6-13)16(17,18)19/h3-8H,9-10H2,1-2H3,(H,20,22)/p+1. The summed E-state index contributed by atoms with van der Waals surface area (Å²) in [6.45, 7) is 3.02. The first-order chi connectivity index (χ1) is 10.8. The van der Waals surface area contributed by atoms with Crippen LogP contribution in [0.3, 0.4) is 0 Å². The summed E-state index contributed by atoms with van der Waals surface area (Å²) in [7, 11) is 1.91. The Bertz CT molecular complexity index is 665. The highest BCUT2D eigenvalue weighted by atomic mass is 32.1. The topological polar surface area (TPSA) is 33.5 Å². The molecule has 0 radical (unpaired) electrons. The van der Waals surface area contributed by atoms with Crippen molar-refractivity contribution in [1.29, 1.82) is 0 Å². The van der Waals surface area contributed by atoms with E-state index < -0.39 is 11.7 Å². The molecule has 1 atom stereocenters. The zero-order chi connectivity index (χ0) is 17.0. The highest BCUT2D eigenvalue weighted by Gasteiger charge is 2.30. The van der Waals surface area contributed by atoms with Crippen molar-refractivity contribution in [2.24, 2.45) is 0 Å². The maximum absolute atomic E-state index is 12.5. The quantitative estimate of drug-likeness (QED) is 0.860. The van der Waals surface area contributed by atoms with Crippen molar-refractivity contribution in [2.75, 3.05) is 18.9 Å². The highest BCUT2D eigenvalue weighted by Crippen LogP contribution is 2.29. The normalized spacial score (nSPS) is 12.9. The second-order valence-corrected chi connectivity index (χ2v) is 6.46. The van der Waals surface area contributed by atoms with Crippen LogP contribution >= 0.6 is 11.3 Å². The lowest BCUT2D eigenvalue weighted by Gasteiger charge is -2.14. The highest BCUT2D eigenvalue weighted by molar-refractivity contribution is 7.10. The molecule has 7 heteroatoms. The van der Waals surface area contributed by atoms with Gasteiger partial charge in [-0.2, -0.15) is 13.2 Å². The number of hydrogen-bond donors (Lipinski definition) is 2. The minimum atomic E-state index is -4.37. The summed E-state index contributed by atoms with van der Waals surface area (Å²) < 4.78 is 37.4. The van der Waals surface area contributed by atoms with Crippen LogP contribution in [0.25, 0.3) is 0 Å². The summed E-state index contributed by atoms with van der Waals surface area (Å²) in [4.78, 5) is 14.2. The molecular weight excluding hydrogens is 325 g/mol. The number of hydrogen-bond acceptors (Lipinski definition) is 2. The average Bonchev–Trinajstić information content (AvgIpc) is 2.83. The molecule has 0 aliphatic heterocycles. The van der Waals surface area contributed by atoms with Crippen molar-refractivity contribution >= 4 is 22.9 Å². The Hall–Kier alpha value is -1.86. The molecule has 0 saturated heterocycles. The van der Waals surface area contributed by atoms with Gasteiger partial charge in [0.05, 0.1) is 17.5 Å². The first-order valence-electron chi connectivity index (χ1n) is 7.07. The molecule has 0 fully saturated rings. The molecule has 1 unspecified atom stereocenters. The molecule has 2 N–H and O–H groups in total. The van der Waals surface area contributed by atoms with Crippen LogP contribution < -0.4 is 10.2 Å². The van der Waals surface area contributed by atoms with E-state index >= 15 is 0 Å². The van der Waals surface area contributed by atoms with Crippen LogP contribution in [0.5, 0.6) is 0 Å². The van der Waals surface area contributed by atoms with Crippen LogP contribution in [0.2, 0.25) is 0 Å². The van der Waals surface area contributed by atoms with E-state index in [-0.39, 0.29) is 12.5 Å². The lowest BCUT2D eigenvalue weighted by atomic mass is 10.2. The summed E-state index contributed by atoms with van der Waals surface area (Å²) >= 11 is 1.65. The van der Waals surface area contributed by atoms with Gasteiger partial charge in [0, 0.05) is 5.69 Å². The van der Waals surface area contributed by atoms with E-state index in [4.69, 9.17) is 0 Å². The number of anilines is 1. The van der Waals surface area contributed by atoms with Gasteiger partial charge in [-0.1, -0.05) is 0 Å². The molecule has 0 spiro atoms. The fourth-order valence-corrected chi connectivity index (χ4v) is 3.16. The molecule has 124 valence electrons. The molecule has 1 aromatic carbocycles. The van der Waals surface area contributed by atoms with Crippen LogP contribution in [0.15, 0.2) is 35.7 Å². The molecular formula is C16H18F3N2OS+. The first-order valence-corrected chi connectivity index (χ1v) is 7.95.